The predicted molar refractivity (Wildman–Crippen MR) is 151 cm³/mol. The first-order valence-electron chi connectivity index (χ1n) is 13.3. The van der Waals surface area contributed by atoms with Gasteiger partial charge < -0.3 is 20.7 Å². The molecular formula is C31H38N4O3. The van der Waals surface area contributed by atoms with Gasteiger partial charge >= 0.3 is 0 Å². The molecule has 0 saturated heterocycles. The highest BCUT2D eigenvalue weighted by molar-refractivity contribution is 5.95. The Kier molecular flexibility index (Phi) is 8.47. The molecule has 7 heteroatoms. The fourth-order valence-corrected chi connectivity index (χ4v) is 4.68. The van der Waals surface area contributed by atoms with Gasteiger partial charge in [-0.05, 0) is 83.8 Å². The standard InChI is InChI=1S/C31H38N4O3/c1-6-32-19-21-13-24(15-25(14-21)31(3,4)5)30(37)35-26-9-7-22-8-10-27(17-23(22)16-26)38-28-11-12-33-29(18-28)34-20(2)36/h8,10-15,17-18,26,32H,6-7,9,16,19H2,1-5H3,(H,35,37)(H,33,34,36). The molecule has 1 aromatic heterocycles. The Hall–Kier alpha value is -3.71. The molecular weight excluding hydrogens is 476 g/mol. The molecule has 1 unspecified atom stereocenters. The third-order valence-corrected chi connectivity index (χ3v) is 6.71. The summed E-state index contributed by atoms with van der Waals surface area (Å²) >= 11 is 0. The van der Waals surface area contributed by atoms with Crippen molar-refractivity contribution in [3.63, 3.8) is 0 Å². The van der Waals surface area contributed by atoms with Gasteiger partial charge in [-0.1, -0.05) is 39.8 Å². The van der Waals surface area contributed by atoms with E-state index < -0.39 is 0 Å². The second-order valence-electron chi connectivity index (χ2n) is 11.0. The van der Waals surface area contributed by atoms with Crippen LogP contribution in [0.3, 0.4) is 0 Å². The number of ether oxygens (including phenoxy) is 1. The Morgan fingerprint density at radius 1 is 1.03 bits per heavy atom. The van der Waals surface area contributed by atoms with Crippen LogP contribution in [0.25, 0.3) is 0 Å². The Morgan fingerprint density at radius 2 is 1.82 bits per heavy atom. The monoisotopic (exact) mass is 514 g/mol. The number of nitrogens with zero attached hydrogens (tertiary/aromatic N) is 1. The minimum atomic E-state index is -0.185. The van der Waals surface area contributed by atoms with Crippen LogP contribution in [-0.2, 0) is 29.6 Å². The van der Waals surface area contributed by atoms with Gasteiger partial charge in [-0.2, -0.15) is 0 Å². The Balaban J connectivity index is 1.46. The topological polar surface area (TPSA) is 92.3 Å². The SMILES string of the molecule is CCNCc1cc(C(=O)NC2CCc3ccc(Oc4ccnc(NC(C)=O)c4)cc3C2)cc(C(C)(C)C)c1. The lowest BCUT2D eigenvalue weighted by molar-refractivity contribution is -0.114. The third kappa shape index (κ3) is 7.19. The minimum absolute atomic E-state index is 0.0306. The van der Waals surface area contributed by atoms with E-state index in [-0.39, 0.29) is 23.3 Å². The average Bonchev–Trinajstić information content (AvgIpc) is 2.86. The average molecular weight is 515 g/mol. The highest BCUT2D eigenvalue weighted by Gasteiger charge is 2.23. The van der Waals surface area contributed by atoms with E-state index in [1.165, 1.54) is 18.1 Å². The third-order valence-electron chi connectivity index (χ3n) is 6.71. The fraction of sp³-hybridized carbons (Fsp3) is 0.387. The number of hydrogen-bond acceptors (Lipinski definition) is 5. The molecule has 0 radical (unpaired) electrons. The molecule has 3 aromatic rings. The van der Waals surface area contributed by atoms with E-state index >= 15 is 0 Å². The summed E-state index contributed by atoms with van der Waals surface area (Å²) < 4.78 is 6.06. The number of fused-ring (bicyclic) bond motifs is 1. The van der Waals surface area contributed by atoms with Crippen molar-refractivity contribution in [1.82, 2.24) is 15.6 Å². The number of aryl methyl sites for hydroxylation is 1. The first-order chi connectivity index (χ1) is 18.1. The zero-order valence-corrected chi connectivity index (χ0v) is 23.0. The van der Waals surface area contributed by atoms with E-state index in [0.717, 1.165) is 43.5 Å². The van der Waals surface area contributed by atoms with Crippen LogP contribution in [0.5, 0.6) is 11.5 Å². The summed E-state index contributed by atoms with van der Waals surface area (Å²) in [4.78, 5) is 28.8. The molecule has 4 rings (SSSR count). The largest absolute Gasteiger partial charge is 0.457 e. The molecule has 1 aliphatic carbocycles. The molecule has 38 heavy (non-hydrogen) atoms. The Bertz CT molecular complexity index is 1310. The van der Waals surface area contributed by atoms with Crippen LogP contribution in [0.4, 0.5) is 5.82 Å². The van der Waals surface area contributed by atoms with E-state index in [2.05, 4.69) is 60.8 Å². The molecule has 0 bridgehead atoms. The maximum Gasteiger partial charge on any atom is 0.251 e. The van der Waals surface area contributed by atoms with Gasteiger partial charge in [0.05, 0.1) is 0 Å². The van der Waals surface area contributed by atoms with Crippen molar-refractivity contribution in [2.24, 2.45) is 0 Å². The summed E-state index contributed by atoms with van der Waals surface area (Å²) in [5.41, 5.74) is 5.39. The number of anilines is 1. The van der Waals surface area contributed by atoms with Gasteiger partial charge in [-0.25, -0.2) is 4.98 Å². The molecule has 0 saturated carbocycles. The summed E-state index contributed by atoms with van der Waals surface area (Å²) in [7, 11) is 0. The summed E-state index contributed by atoms with van der Waals surface area (Å²) in [5.74, 6) is 1.53. The highest BCUT2D eigenvalue weighted by atomic mass is 16.5. The summed E-state index contributed by atoms with van der Waals surface area (Å²) in [5, 5.41) is 9.32. The maximum absolute atomic E-state index is 13.4. The number of rotatable bonds is 8. The number of hydrogen-bond donors (Lipinski definition) is 3. The fourth-order valence-electron chi connectivity index (χ4n) is 4.68. The number of amides is 2. The summed E-state index contributed by atoms with van der Waals surface area (Å²) in [6.45, 7) is 11.7. The molecule has 2 amide bonds. The molecule has 1 atom stereocenters. The molecule has 1 aliphatic rings. The predicted octanol–water partition coefficient (Wildman–Crippen LogP) is 5.53. The van der Waals surface area contributed by atoms with Gasteiger partial charge in [0.1, 0.15) is 17.3 Å². The highest BCUT2D eigenvalue weighted by Crippen LogP contribution is 2.30. The van der Waals surface area contributed by atoms with Crippen molar-refractivity contribution >= 4 is 17.6 Å². The van der Waals surface area contributed by atoms with Crippen molar-refractivity contribution in [1.29, 1.82) is 0 Å². The van der Waals surface area contributed by atoms with Crippen LogP contribution in [-0.4, -0.2) is 29.4 Å². The molecule has 0 aliphatic heterocycles. The van der Waals surface area contributed by atoms with Crippen molar-refractivity contribution in [3.8, 4) is 11.5 Å². The molecule has 0 spiro atoms. The van der Waals surface area contributed by atoms with Gasteiger partial charge in [0.25, 0.3) is 5.91 Å². The lowest BCUT2D eigenvalue weighted by atomic mass is 9.84. The van der Waals surface area contributed by atoms with Crippen molar-refractivity contribution in [2.75, 3.05) is 11.9 Å². The van der Waals surface area contributed by atoms with Crippen LogP contribution in [0, 0.1) is 0 Å². The second-order valence-corrected chi connectivity index (χ2v) is 11.0. The van der Waals surface area contributed by atoms with Crippen LogP contribution in [0.2, 0.25) is 0 Å². The summed E-state index contributed by atoms with van der Waals surface area (Å²) in [6, 6.07) is 15.8. The summed E-state index contributed by atoms with van der Waals surface area (Å²) in [6.07, 6.45) is 4.14. The lowest BCUT2D eigenvalue weighted by Crippen LogP contribution is -2.39. The van der Waals surface area contributed by atoms with E-state index in [1.54, 1.807) is 18.3 Å². The van der Waals surface area contributed by atoms with Crippen molar-refractivity contribution < 1.29 is 14.3 Å². The van der Waals surface area contributed by atoms with Gasteiger partial charge in [-0.15, -0.1) is 0 Å². The molecule has 2 aromatic carbocycles. The molecule has 0 fully saturated rings. The van der Waals surface area contributed by atoms with Crippen molar-refractivity contribution in [3.05, 3.63) is 82.5 Å². The Morgan fingerprint density at radius 3 is 2.55 bits per heavy atom. The quantitative estimate of drug-likeness (QED) is 0.368. The van der Waals surface area contributed by atoms with Gasteiger partial charge in [-0.3, -0.25) is 9.59 Å². The number of pyridine rings is 1. The minimum Gasteiger partial charge on any atom is -0.457 e. The van der Waals surface area contributed by atoms with Gasteiger partial charge in [0.15, 0.2) is 0 Å². The zero-order valence-electron chi connectivity index (χ0n) is 23.0. The van der Waals surface area contributed by atoms with Crippen LogP contribution in [0.1, 0.15) is 73.7 Å². The van der Waals surface area contributed by atoms with Gasteiger partial charge in [0, 0.05) is 37.3 Å². The second kappa shape index (κ2) is 11.8. The van der Waals surface area contributed by atoms with Crippen molar-refractivity contribution in [2.45, 2.75) is 71.9 Å². The number of aromatic nitrogens is 1. The molecule has 1 heterocycles. The van der Waals surface area contributed by atoms with Crippen LogP contribution in [0.15, 0.2) is 54.7 Å². The first kappa shape index (κ1) is 27.3. The van der Waals surface area contributed by atoms with E-state index in [1.807, 2.05) is 24.3 Å². The smallest absolute Gasteiger partial charge is 0.251 e. The first-order valence-corrected chi connectivity index (χ1v) is 13.3. The lowest BCUT2D eigenvalue weighted by Gasteiger charge is -2.27. The molecule has 200 valence electrons. The molecule has 7 nitrogen and oxygen atoms in total. The normalized spacial score (nSPS) is 14.9. The van der Waals surface area contributed by atoms with Gasteiger partial charge in [0.2, 0.25) is 5.91 Å². The zero-order chi connectivity index (χ0) is 27.3. The van der Waals surface area contributed by atoms with Crippen LogP contribution < -0.4 is 20.7 Å². The van der Waals surface area contributed by atoms with E-state index in [4.69, 9.17) is 4.74 Å². The number of carbonyl (C=O) groups excluding carboxylic acids is 2. The maximum atomic E-state index is 13.4. The van der Waals surface area contributed by atoms with Crippen LogP contribution >= 0.6 is 0 Å². The Labute approximate surface area is 225 Å². The van der Waals surface area contributed by atoms with E-state index in [0.29, 0.717) is 22.9 Å². The number of benzene rings is 2. The number of carbonyl (C=O) groups is 2. The molecule has 3 N–H and O–H groups in total. The van der Waals surface area contributed by atoms with E-state index in [9.17, 15) is 9.59 Å². The number of nitrogens with one attached hydrogen (secondary N) is 3.